The minimum absolute atomic E-state index is 0.332. The third kappa shape index (κ3) is 2.34. The van der Waals surface area contributed by atoms with Crippen LogP contribution in [0, 0.1) is 0 Å². The number of hydrogen-bond donors (Lipinski definition) is 0. The first-order valence-electron chi connectivity index (χ1n) is 9.27. The number of para-hydroxylation sites is 1. The molecule has 1 heterocycles. The second-order valence-electron chi connectivity index (χ2n) is 6.97. The molecule has 0 aromatic heterocycles. The van der Waals surface area contributed by atoms with Crippen molar-refractivity contribution >= 4 is 11.5 Å². The van der Waals surface area contributed by atoms with Gasteiger partial charge in [-0.05, 0) is 36.7 Å². The molecule has 24 heavy (non-hydrogen) atoms. The highest BCUT2D eigenvalue weighted by molar-refractivity contribution is 6.02. The molecule has 126 valence electrons. The van der Waals surface area contributed by atoms with Crippen LogP contribution in [0.5, 0.6) is 0 Å². The van der Waals surface area contributed by atoms with Crippen LogP contribution in [-0.2, 0) is 4.79 Å². The number of rotatable bonds is 5. The number of anilines is 1. The van der Waals surface area contributed by atoms with Gasteiger partial charge in [-0.25, -0.2) is 0 Å². The number of allylic oxidation sites excluding steroid dienone is 2. The van der Waals surface area contributed by atoms with Crippen molar-refractivity contribution in [1.82, 2.24) is 4.90 Å². The maximum atomic E-state index is 12.2. The van der Waals surface area contributed by atoms with Crippen LogP contribution in [0.2, 0.25) is 0 Å². The Morgan fingerprint density at radius 3 is 2.75 bits per heavy atom. The number of carbonyl (C=O) groups excluding carboxylic acids is 1. The van der Waals surface area contributed by atoms with Crippen molar-refractivity contribution in [3.63, 3.8) is 0 Å². The number of Topliss-reactive ketones (excluding diaryl/α,β-unsaturated/α-hetero) is 1. The molecule has 1 aromatic carbocycles. The van der Waals surface area contributed by atoms with Gasteiger partial charge in [-0.2, -0.15) is 0 Å². The average Bonchev–Trinajstić information content (AvgIpc) is 3.14. The summed E-state index contributed by atoms with van der Waals surface area (Å²) in [7, 11) is 0. The van der Waals surface area contributed by atoms with E-state index in [9.17, 15) is 4.79 Å². The summed E-state index contributed by atoms with van der Waals surface area (Å²) in [4.78, 5) is 17.2. The molecule has 0 saturated carbocycles. The average molecular weight is 322 g/mol. The van der Waals surface area contributed by atoms with Crippen LogP contribution < -0.4 is 4.90 Å². The van der Waals surface area contributed by atoms with Gasteiger partial charge in [0.25, 0.3) is 0 Å². The van der Waals surface area contributed by atoms with Gasteiger partial charge in [-0.15, -0.1) is 0 Å². The molecule has 3 nitrogen and oxygen atoms in total. The van der Waals surface area contributed by atoms with Crippen molar-refractivity contribution in [2.24, 2.45) is 0 Å². The van der Waals surface area contributed by atoms with Gasteiger partial charge in [-0.3, -0.25) is 4.79 Å². The van der Waals surface area contributed by atoms with Crippen LogP contribution in [0.4, 0.5) is 5.69 Å². The molecule has 0 radical (unpaired) electrons. The third-order valence-corrected chi connectivity index (χ3v) is 5.94. The molecule has 0 saturated heterocycles. The predicted octanol–water partition coefficient (Wildman–Crippen LogP) is 3.53. The van der Waals surface area contributed by atoms with E-state index in [1.165, 1.54) is 16.8 Å². The van der Waals surface area contributed by atoms with E-state index >= 15 is 0 Å². The van der Waals surface area contributed by atoms with Crippen molar-refractivity contribution in [2.75, 3.05) is 31.1 Å². The topological polar surface area (TPSA) is 23.6 Å². The van der Waals surface area contributed by atoms with Crippen LogP contribution in [0.1, 0.15) is 38.2 Å². The Kier molecular flexibility index (Phi) is 4.05. The first kappa shape index (κ1) is 15.6. The van der Waals surface area contributed by atoms with E-state index in [-0.39, 0.29) is 0 Å². The maximum Gasteiger partial charge on any atom is 0.163 e. The number of carbonyl (C=O) groups is 1. The summed E-state index contributed by atoms with van der Waals surface area (Å²) < 4.78 is 0. The van der Waals surface area contributed by atoms with E-state index < -0.39 is 0 Å². The largest absolute Gasteiger partial charge is 0.363 e. The van der Waals surface area contributed by atoms with Crippen molar-refractivity contribution in [2.45, 2.75) is 38.6 Å². The second kappa shape index (κ2) is 6.21. The van der Waals surface area contributed by atoms with E-state index in [1.54, 1.807) is 0 Å². The van der Waals surface area contributed by atoms with Gasteiger partial charge < -0.3 is 9.80 Å². The Hall–Kier alpha value is -1.87. The van der Waals surface area contributed by atoms with E-state index in [4.69, 9.17) is 0 Å². The van der Waals surface area contributed by atoms with Gasteiger partial charge in [0.2, 0.25) is 0 Å². The Bertz CT molecular complexity index is 714. The lowest BCUT2D eigenvalue weighted by Gasteiger charge is -2.32. The molecule has 0 amide bonds. The molecule has 0 N–H and O–H groups in total. The number of likely N-dealkylation sites (N-methyl/N-ethyl adjacent to an activating group) is 1. The highest BCUT2D eigenvalue weighted by Gasteiger charge is 2.43. The Labute approximate surface area is 144 Å². The van der Waals surface area contributed by atoms with Crippen molar-refractivity contribution < 1.29 is 4.79 Å². The van der Waals surface area contributed by atoms with Gasteiger partial charge in [0.15, 0.2) is 5.78 Å². The highest BCUT2D eigenvalue weighted by Crippen LogP contribution is 2.50. The summed E-state index contributed by atoms with van der Waals surface area (Å²) in [5.74, 6) is 0.711. The fraction of sp³-hybridized carbons (Fsp3) is 0.476. The van der Waals surface area contributed by atoms with Crippen LogP contribution in [0.15, 0.2) is 47.6 Å². The maximum absolute atomic E-state index is 12.2. The molecule has 1 aliphatic heterocycles. The summed E-state index contributed by atoms with van der Waals surface area (Å²) in [5.41, 5.74) is 5.15. The number of benzene rings is 1. The highest BCUT2D eigenvalue weighted by atomic mass is 16.1. The van der Waals surface area contributed by atoms with Crippen LogP contribution in [0.3, 0.4) is 0 Å². The molecule has 2 atom stereocenters. The fourth-order valence-electron chi connectivity index (χ4n) is 4.62. The van der Waals surface area contributed by atoms with Gasteiger partial charge in [0.1, 0.15) is 0 Å². The monoisotopic (exact) mass is 322 g/mol. The molecule has 0 fully saturated rings. The SMILES string of the molecule is CCN(CC)CCN1c2ccccc2C2C3=C(C=CC21)C(=O)CC3. The zero-order valence-corrected chi connectivity index (χ0v) is 14.7. The van der Waals surface area contributed by atoms with Crippen molar-refractivity contribution in [3.05, 3.63) is 53.1 Å². The molecule has 2 aliphatic carbocycles. The second-order valence-corrected chi connectivity index (χ2v) is 6.97. The minimum Gasteiger partial charge on any atom is -0.363 e. The van der Waals surface area contributed by atoms with Crippen molar-refractivity contribution in [1.29, 1.82) is 0 Å². The van der Waals surface area contributed by atoms with Crippen molar-refractivity contribution in [3.8, 4) is 0 Å². The number of ketones is 1. The van der Waals surface area contributed by atoms with E-state index in [1.807, 2.05) is 0 Å². The predicted molar refractivity (Wildman–Crippen MR) is 98.5 cm³/mol. The first-order chi connectivity index (χ1) is 11.7. The molecule has 3 aliphatic rings. The van der Waals surface area contributed by atoms with Gasteiger partial charge in [0.05, 0.1) is 6.04 Å². The smallest absolute Gasteiger partial charge is 0.163 e. The summed E-state index contributed by atoms with van der Waals surface area (Å²) in [5, 5.41) is 0. The first-order valence-corrected chi connectivity index (χ1v) is 9.27. The standard InChI is InChI=1S/C21H26N2O/c1-3-22(4-2)13-14-23-18-8-6-5-7-17(18)21-16-10-12-20(24)15(16)9-11-19(21)23/h5-9,11,19,21H,3-4,10,12-14H2,1-2H3. The molecular formula is C21H26N2O. The lowest BCUT2D eigenvalue weighted by atomic mass is 9.82. The molecule has 4 rings (SSSR count). The van der Waals surface area contributed by atoms with E-state index in [0.29, 0.717) is 24.2 Å². The number of hydrogen-bond acceptors (Lipinski definition) is 3. The fourth-order valence-corrected chi connectivity index (χ4v) is 4.62. The molecule has 3 heteroatoms. The Morgan fingerprint density at radius 2 is 1.96 bits per heavy atom. The minimum atomic E-state index is 0.332. The van der Waals surface area contributed by atoms with Crippen LogP contribution >= 0.6 is 0 Å². The molecular weight excluding hydrogens is 296 g/mol. The van der Waals surface area contributed by atoms with Gasteiger partial charge >= 0.3 is 0 Å². The number of fused-ring (bicyclic) bond motifs is 4. The molecule has 1 aromatic rings. The lowest BCUT2D eigenvalue weighted by Crippen LogP contribution is -2.40. The van der Waals surface area contributed by atoms with Crippen LogP contribution in [0.25, 0.3) is 0 Å². The Balaban J connectivity index is 1.67. The molecule has 0 bridgehead atoms. The Morgan fingerprint density at radius 1 is 1.17 bits per heavy atom. The molecule has 2 unspecified atom stereocenters. The van der Waals surface area contributed by atoms with E-state index in [2.05, 4.69) is 60.1 Å². The van der Waals surface area contributed by atoms with Gasteiger partial charge in [-0.1, -0.05) is 44.2 Å². The normalized spacial score (nSPS) is 24.6. The summed E-state index contributed by atoms with van der Waals surface area (Å²) in [6.07, 6.45) is 6.01. The summed E-state index contributed by atoms with van der Waals surface area (Å²) >= 11 is 0. The zero-order valence-electron chi connectivity index (χ0n) is 14.7. The number of nitrogens with zero attached hydrogens (tertiary/aromatic N) is 2. The zero-order chi connectivity index (χ0) is 16.7. The summed E-state index contributed by atoms with van der Waals surface area (Å²) in [6.45, 7) is 8.78. The molecule has 0 spiro atoms. The quantitative estimate of drug-likeness (QED) is 0.828. The summed E-state index contributed by atoms with van der Waals surface area (Å²) in [6, 6.07) is 9.17. The van der Waals surface area contributed by atoms with E-state index in [0.717, 1.165) is 38.2 Å². The third-order valence-electron chi connectivity index (χ3n) is 5.94. The lowest BCUT2D eigenvalue weighted by molar-refractivity contribution is -0.114. The van der Waals surface area contributed by atoms with Crippen LogP contribution in [-0.4, -0.2) is 42.9 Å². The van der Waals surface area contributed by atoms with Gasteiger partial charge in [0, 0.05) is 36.7 Å².